The molecule has 0 bridgehead atoms. The molecule has 0 aliphatic carbocycles. The van der Waals surface area contributed by atoms with Gasteiger partial charge in [-0.2, -0.15) is 0 Å². The fraction of sp³-hybridized carbons (Fsp3) is 0.381. The summed E-state index contributed by atoms with van der Waals surface area (Å²) in [6.07, 6.45) is -0.117. The Morgan fingerprint density at radius 3 is 2.57 bits per heavy atom. The van der Waals surface area contributed by atoms with Crippen molar-refractivity contribution in [1.82, 2.24) is 9.38 Å². The Bertz CT molecular complexity index is 935. The van der Waals surface area contributed by atoms with Crippen LogP contribution < -0.4 is 9.59 Å². The molecule has 1 aliphatic rings. The molecule has 7 nitrogen and oxygen atoms in total. The minimum absolute atomic E-state index is 0.0160. The fourth-order valence-electron chi connectivity index (χ4n) is 4.12. The van der Waals surface area contributed by atoms with Gasteiger partial charge in [0.15, 0.2) is 12.0 Å². The smallest absolute Gasteiger partial charge is 0.315 e. The normalized spacial score (nSPS) is 23.7. The molecule has 0 saturated heterocycles. The number of carboxylic acid groups (broad SMARTS) is 1. The molecule has 0 fully saturated rings. The number of fused-ring (bicyclic) bond motifs is 1. The average molecular weight is 384 g/mol. The molecule has 28 heavy (non-hydrogen) atoms. The van der Waals surface area contributed by atoms with Crippen LogP contribution in [-0.2, 0) is 4.79 Å². The molecule has 0 N–H and O–H groups in total. The number of carbonyl (C=O) groups excluding carboxylic acids is 3. The first-order valence-corrected chi connectivity index (χ1v) is 9.28. The summed E-state index contributed by atoms with van der Waals surface area (Å²) >= 11 is 0. The first-order chi connectivity index (χ1) is 13.2. The van der Waals surface area contributed by atoms with E-state index >= 15 is 0 Å². The molecule has 3 atom stereocenters. The van der Waals surface area contributed by atoms with E-state index in [0.29, 0.717) is 18.5 Å². The van der Waals surface area contributed by atoms with Gasteiger partial charge in [0.05, 0.1) is 26.1 Å². The number of nitrogens with zero attached hydrogens (tertiary/aromatic N) is 2. The third-order valence-corrected chi connectivity index (χ3v) is 5.97. The number of carbonyl (C=O) groups is 3. The highest BCUT2D eigenvalue weighted by Gasteiger charge is 2.47. The van der Waals surface area contributed by atoms with Gasteiger partial charge in [-0.15, -0.1) is 0 Å². The SMILES string of the molecule is CCN(C(=O)[O-])C1C[C@H](C)[N@+](C)(C(C)=O)c2ccc(-c3ccc(C=O)o3)cc21. The Balaban J connectivity index is 2.21. The van der Waals surface area contributed by atoms with Gasteiger partial charge in [0.1, 0.15) is 17.5 Å². The van der Waals surface area contributed by atoms with Crippen LogP contribution in [0.1, 0.15) is 49.4 Å². The third kappa shape index (κ3) is 3.01. The Morgan fingerprint density at radius 1 is 1.32 bits per heavy atom. The monoisotopic (exact) mass is 384 g/mol. The molecule has 1 unspecified atom stereocenters. The van der Waals surface area contributed by atoms with E-state index in [9.17, 15) is 19.5 Å². The van der Waals surface area contributed by atoms with Gasteiger partial charge in [0.25, 0.3) is 0 Å². The van der Waals surface area contributed by atoms with Crippen molar-refractivity contribution in [2.75, 3.05) is 13.6 Å². The molecule has 0 radical (unpaired) electrons. The Kier molecular flexibility index (Phi) is 5.12. The van der Waals surface area contributed by atoms with Crippen molar-refractivity contribution >= 4 is 24.0 Å². The number of amides is 2. The van der Waals surface area contributed by atoms with E-state index in [4.69, 9.17) is 4.42 Å². The van der Waals surface area contributed by atoms with Gasteiger partial charge in [-0.3, -0.25) is 4.79 Å². The van der Waals surface area contributed by atoms with E-state index in [1.807, 2.05) is 32.2 Å². The van der Waals surface area contributed by atoms with E-state index in [0.717, 1.165) is 16.8 Å². The predicted molar refractivity (Wildman–Crippen MR) is 103 cm³/mol. The van der Waals surface area contributed by atoms with Gasteiger partial charge in [-0.1, -0.05) is 0 Å². The summed E-state index contributed by atoms with van der Waals surface area (Å²) in [6.45, 7) is 5.55. The predicted octanol–water partition coefficient (Wildman–Crippen LogP) is 2.74. The minimum Gasteiger partial charge on any atom is -0.530 e. The van der Waals surface area contributed by atoms with Crippen LogP contribution in [0.25, 0.3) is 11.3 Å². The van der Waals surface area contributed by atoms with Crippen LogP contribution in [0.3, 0.4) is 0 Å². The van der Waals surface area contributed by atoms with E-state index in [1.54, 1.807) is 26.0 Å². The number of hydrogen-bond acceptors (Lipinski definition) is 5. The molecule has 1 aliphatic heterocycles. The van der Waals surface area contributed by atoms with Gasteiger partial charge in [0, 0.05) is 30.2 Å². The maximum absolute atomic E-state index is 12.5. The molecule has 1 aromatic carbocycles. The van der Waals surface area contributed by atoms with Crippen LogP contribution in [0.15, 0.2) is 34.7 Å². The van der Waals surface area contributed by atoms with Crippen LogP contribution in [0.5, 0.6) is 0 Å². The van der Waals surface area contributed by atoms with Crippen LogP contribution >= 0.6 is 0 Å². The summed E-state index contributed by atoms with van der Waals surface area (Å²) in [6, 6.07) is 8.28. The van der Waals surface area contributed by atoms with Crippen molar-refractivity contribution in [3.63, 3.8) is 0 Å². The first kappa shape index (κ1) is 19.8. The van der Waals surface area contributed by atoms with Crippen LogP contribution in [-0.4, -0.2) is 42.8 Å². The van der Waals surface area contributed by atoms with Gasteiger partial charge < -0.3 is 19.2 Å². The Hall–Kier alpha value is -2.93. The average Bonchev–Trinajstić information content (AvgIpc) is 3.14. The number of quaternary nitrogens is 1. The van der Waals surface area contributed by atoms with Crippen LogP contribution in [0.2, 0.25) is 0 Å². The van der Waals surface area contributed by atoms with Crippen molar-refractivity contribution < 1.29 is 23.9 Å². The lowest BCUT2D eigenvalue weighted by Gasteiger charge is -2.46. The molecule has 0 saturated carbocycles. The maximum Gasteiger partial charge on any atom is 0.315 e. The van der Waals surface area contributed by atoms with Crippen molar-refractivity contribution in [2.45, 2.75) is 39.3 Å². The quantitative estimate of drug-likeness (QED) is 0.597. The number of benzene rings is 1. The van der Waals surface area contributed by atoms with Gasteiger partial charge in [0.2, 0.25) is 0 Å². The maximum atomic E-state index is 12.5. The fourth-order valence-corrected chi connectivity index (χ4v) is 4.12. The Labute approximate surface area is 163 Å². The molecule has 0 spiro atoms. The standard InChI is InChI=1S/C21H24N2O5/c1-5-22(21(26)27)18-10-13(2)23(4,14(3)25)19-8-6-15(11-17(18)19)20-9-7-16(12-24)28-20/h6-9,11-13,18H,5,10H2,1-4H3/t13-,18?,23+/m0/s1. The minimum atomic E-state index is -1.24. The van der Waals surface area contributed by atoms with Gasteiger partial charge in [-0.05, 0) is 38.1 Å². The molecule has 7 heteroatoms. The van der Waals surface area contributed by atoms with E-state index in [2.05, 4.69) is 0 Å². The highest BCUT2D eigenvalue weighted by molar-refractivity contribution is 5.89. The number of aldehydes is 1. The summed E-state index contributed by atoms with van der Waals surface area (Å²) in [5, 5.41) is 11.7. The highest BCUT2D eigenvalue weighted by atomic mass is 16.4. The van der Waals surface area contributed by atoms with Crippen molar-refractivity contribution in [3.8, 4) is 11.3 Å². The summed E-state index contributed by atoms with van der Waals surface area (Å²) in [4.78, 5) is 36.5. The molecule has 148 valence electrons. The van der Waals surface area contributed by atoms with E-state index in [-0.39, 0.29) is 28.7 Å². The number of rotatable bonds is 4. The molecular formula is C21H24N2O5. The largest absolute Gasteiger partial charge is 0.530 e. The van der Waals surface area contributed by atoms with E-state index in [1.165, 1.54) is 4.90 Å². The zero-order chi connectivity index (χ0) is 20.6. The van der Waals surface area contributed by atoms with Gasteiger partial charge >= 0.3 is 5.91 Å². The summed E-state index contributed by atoms with van der Waals surface area (Å²) in [5.74, 6) is 0.709. The van der Waals surface area contributed by atoms with Crippen LogP contribution in [0.4, 0.5) is 10.5 Å². The second-order valence-electron chi connectivity index (χ2n) is 7.34. The summed E-state index contributed by atoms with van der Waals surface area (Å²) < 4.78 is 5.61. The zero-order valence-electron chi connectivity index (χ0n) is 16.5. The first-order valence-electron chi connectivity index (χ1n) is 9.28. The van der Waals surface area contributed by atoms with Crippen molar-refractivity contribution in [3.05, 3.63) is 41.7 Å². The Morgan fingerprint density at radius 2 is 2.04 bits per heavy atom. The van der Waals surface area contributed by atoms with E-state index < -0.39 is 12.1 Å². The lowest BCUT2D eigenvalue weighted by Crippen LogP contribution is -2.60. The second-order valence-corrected chi connectivity index (χ2v) is 7.34. The molecule has 1 aromatic heterocycles. The molecule has 2 aromatic rings. The molecule has 3 rings (SSSR count). The third-order valence-electron chi connectivity index (χ3n) is 5.97. The molecule has 2 amide bonds. The molecule has 2 heterocycles. The second kappa shape index (κ2) is 7.24. The van der Waals surface area contributed by atoms with Crippen molar-refractivity contribution in [2.24, 2.45) is 0 Å². The van der Waals surface area contributed by atoms with Crippen LogP contribution in [0, 0.1) is 0 Å². The van der Waals surface area contributed by atoms with Gasteiger partial charge in [-0.25, -0.2) is 9.28 Å². The topological polar surface area (TPSA) is 90.7 Å². The number of hydrogen-bond donors (Lipinski definition) is 0. The lowest BCUT2D eigenvalue weighted by molar-refractivity contribution is -0.268. The zero-order valence-corrected chi connectivity index (χ0v) is 16.5. The number of furan rings is 1. The lowest BCUT2D eigenvalue weighted by atomic mass is 9.87. The summed E-state index contributed by atoms with van der Waals surface area (Å²) in [5.41, 5.74) is 2.24. The van der Waals surface area contributed by atoms with Crippen molar-refractivity contribution in [1.29, 1.82) is 0 Å². The summed E-state index contributed by atoms with van der Waals surface area (Å²) in [7, 11) is 1.86. The highest BCUT2D eigenvalue weighted by Crippen LogP contribution is 2.45. The molecular weight excluding hydrogens is 360 g/mol.